The van der Waals surface area contributed by atoms with Gasteiger partial charge in [-0.3, -0.25) is 25.2 Å². The lowest BCUT2D eigenvalue weighted by Gasteiger charge is -2.36. The van der Waals surface area contributed by atoms with Crippen LogP contribution in [0.5, 0.6) is 5.75 Å². The average molecular weight is 527 g/mol. The zero-order valence-corrected chi connectivity index (χ0v) is 21.8. The number of carbonyl (C=O) groups excluding carboxylic acids is 3. The highest BCUT2D eigenvalue weighted by molar-refractivity contribution is 6.10. The summed E-state index contributed by atoms with van der Waals surface area (Å²) in [6.07, 6.45) is 2.59. The molecule has 0 spiro atoms. The van der Waals surface area contributed by atoms with E-state index in [1.54, 1.807) is 12.1 Å². The van der Waals surface area contributed by atoms with Crippen LogP contribution in [0.3, 0.4) is 0 Å². The number of amidine groups is 1. The Bertz CT molecular complexity index is 1420. The molecule has 4 amide bonds. The van der Waals surface area contributed by atoms with Crippen molar-refractivity contribution in [2.24, 2.45) is 0 Å². The van der Waals surface area contributed by atoms with E-state index >= 15 is 0 Å². The fourth-order valence-electron chi connectivity index (χ4n) is 5.44. The third-order valence-electron chi connectivity index (χ3n) is 7.84. The van der Waals surface area contributed by atoms with E-state index in [0.29, 0.717) is 29.3 Å². The largest absolute Gasteiger partial charge is 0.497 e. The predicted octanol–water partition coefficient (Wildman–Crippen LogP) is 1.39. The molecular formula is C29H30N6O4. The molecule has 0 aromatic heterocycles. The molecule has 4 aliphatic rings. The molecule has 10 nitrogen and oxygen atoms in total. The van der Waals surface area contributed by atoms with Crippen molar-refractivity contribution < 1.29 is 19.1 Å². The second-order valence-electron chi connectivity index (χ2n) is 10.4. The summed E-state index contributed by atoms with van der Waals surface area (Å²) in [6.45, 7) is 3.88. The number of fused-ring (bicyclic) bond motifs is 1. The number of imide groups is 1. The van der Waals surface area contributed by atoms with Crippen molar-refractivity contribution in [2.45, 2.75) is 31.0 Å². The number of amides is 4. The minimum atomic E-state index is -1.58. The Hall–Kier alpha value is -4.36. The van der Waals surface area contributed by atoms with Gasteiger partial charge in [-0.05, 0) is 42.7 Å². The van der Waals surface area contributed by atoms with Crippen molar-refractivity contribution in [1.29, 1.82) is 5.41 Å². The molecular weight excluding hydrogens is 496 g/mol. The van der Waals surface area contributed by atoms with Gasteiger partial charge in [-0.25, -0.2) is 4.79 Å². The highest BCUT2D eigenvalue weighted by Crippen LogP contribution is 2.29. The van der Waals surface area contributed by atoms with Gasteiger partial charge in [0.05, 0.1) is 13.7 Å². The van der Waals surface area contributed by atoms with Gasteiger partial charge in [0.1, 0.15) is 11.6 Å². The van der Waals surface area contributed by atoms with Crippen LogP contribution in [0.25, 0.3) is 0 Å². The average Bonchev–Trinajstić information content (AvgIpc) is 3.71. The van der Waals surface area contributed by atoms with E-state index in [1.165, 1.54) is 24.9 Å². The smallest absolute Gasteiger partial charge is 0.323 e. The standard InChI is InChI=1S/C29H30N6O4/c1-39-23-9-6-21-17-35(26(36)24(21)16-23)18-29(27(37)31-28(38)32-29)11-10-19-2-4-20(5-3-19)25(30)34-14-12-33(13-15-34)22-7-8-22/h2-6,9,16,22,30H,7-8,12-15,17-18H2,1H3,(H2,31,32,37,38)/t29-/m1/s1. The Morgan fingerprint density at radius 3 is 2.46 bits per heavy atom. The lowest BCUT2D eigenvalue weighted by Crippen LogP contribution is -2.54. The Balaban J connectivity index is 1.17. The summed E-state index contributed by atoms with van der Waals surface area (Å²) in [5.74, 6) is 6.16. The molecule has 1 saturated carbocycles. The third-order valence-corrected chi connectivity index (χ3v) is 7.84. The Morgan fingerprint density at radius 2 is 1.82 bits per heavy atom. The number of carbonyl (C=O) groups is 3. The van der Waals surface area contributed by atoms with Gasteiger partial charge in [-0.2, -0.15) is 0 Å². The second kappa shape index (κ2) is 9.75. The van der Waals surface area contributed by atoms with Crippen LogP contribution < -0.4 is 15.4 Å². The Kier molecular flexibility index (Phi) is 6.23. The zero-order valence-electron chi connectivity index (χ0n) is 21.8. The third kappa shape index (κ3) is 4.81. The molecule has 10 heteroatoms. The van der Waals surface area contributed by atoms with E-state index in [2.05, 4.69) is 32.3 Å². The molecule has 2 saturated heterocycles. The van der Waals surface area contributed by atoms with Crippen molar-refractivity contribution in [2.75, 3.05) is 39.8 Å². The van der Waals surface area contributed by atoms with Crippen LogP contribution in [0.2, 0.25) is 0 Å². The van der Waals surface area contributed by atoms with Gasteiger partial charge in [0.2, 0.25) is 5.54 Å². The molecule has 200 valence electrons. The maximum absolute atomic E-state index is 13.1. The molecule has 1 aliphatic carbocycles. The first-order valence-electron chi connectivity index (χ1n) is 13.2. The highest BCUT2D eigenvalue weighted by Gasteiger charge is 2.48. The first kappa shape index (κ1) is 24.9. The number of methoxy groups -OCH3 is 1. The van der Waals surface area contributed by atoms with E-state index < -0.39 is 17.5 Å². The van der Waals surface area contributed by atoms with Crippen LogP contribution in [0.4, 0.5) is 4.79 Å². The molecule has 0 unspecified atom stereocenters. The number of nitrogens with zero attached hydrogens (tertiary/aromatic N) is 3. The predicted molar refractivity (Wildman–Crippen MR) is 143 cm³/mol. The van der Waals surface area contributed by atoms with Crippen molar-refractivity contribution in [3.63, 3.8) is 0 Å². The van der Waals surface area contributed by atoms with Crippen LogP contribution in [0.1, 0.15) is 39.9 Å². The number of nitrogens with one attached hydrogen (secondary N) is 3. The molecule has 3 fully saturated rings. The lowest BCUT2D eigenvalue weighted by atomic mass is 9.99. The molecule has 3 heterocycles. The number of hydrogen-bond acceptors (Lipinski definition) is 6. The summed E-state index contributed by atoms with van der Waals surface area (Å²) in [7, 11) is 1.54. The van der Waals surface area contributed by atoms with Crippen molar-refractivity contribution in [3.05, 3.63) is 64.7 Å². The zero-order chi connectivity index (χ0) is 27.1. The number of benzene rings is 2. The molecule has 6 rings (SSSR count). The maximum atomic E-state index is 13.1. The summed E-state index contributed by atoms with van der Waals surface area (Å²) >= 11 is 0. The number of rotatable bonds is 5. The van der Waals surface area contributed by atoms with E-state index in [0.717, 1.165) is 43.3 Å². The molecule has 0 bridgehead atoms. The van der Waals surface area contributed by atoms with Crippen LogP contribution in [-0.2, 0) is 11.3 Å². The van der Waals surface area contributed by atoms with E-state index in [9.17, 15) is 14.4 Å². The summed E-state index contributed by atoms with van der Waals surface area (Å²) in [5, 5.41) is 13.5. The molecule has 1 atom stereocenters. The van der Waals surface area contributed by atoms with Crippen molar-refractivity contribution in [3.8, 4) is 17.6 Å². The fraction of sp³-hybridized carbons (Fsp3) is 0.379. The van der Waals surface area contributed by atoms with E-state index in [1.807, 2.05) is 30.3 Å². The van der Waals surface area contributed by atoms with Crippen molar-refractivity contribution >= 4 is 23.7 Å². The lowest BCUT2D eigenvalue weighted by molar-refractivity contribution is -0.122. The minimum absolute atomic E-state index is 0.0943. The molecule has 0 radical (unpaired) electrons. The molecule has 2 aromatic rings. The van der Waals surface area contributed by atoms with Gasteiger partial charge in [-0.1, -0.05) is 30.0 Å². The van der Waals surface area contributed by atoms with Gasteiger partial charge < -0.3 is 19.9 Å². The minimum Gasteiger partial charge on any atom is -0.497 e. The van der Waals surface area contributed by atoms with Crippen molar-refractivity contribution in [1.82, 2.24) is 25.3 Å². The van der Waals surface area contributed by atoms with Crippen LogP contribution >= 0.6 is 0 Å². The summed E-state index contributed by atoms with van der Waals surface area (Å²) in [5.41, 5.74) is 1.19. The highest BCUT2D eigenvalue weighted by atomic mass is 16.5. The molecule has 39 heavy (non-hydrogen) atoms. The number of urea groups is 1. The number of hydrogen-bond donors (Lipinski definition) is 3. The molecule has 3 aliphatic heterocycles. The first-order chi connectivity index (χ1) is 18.8. The van der Waals surface area contributed by atoms with Gasteiger partial charge in [0.15, 0.2) is 0 Å². The Labute approximate surface area is 226 Å². The van der Waals surface area contributed by atoms with E-state index in [-0.39, 0.29) is 12.5 Å². The quantitative estimate of drug-likeness (QED) is 0.235. The number of piperazine rings is 1. The normalized spacial score (nSPS) is 22.6. The van der Waals surface area contributed by atoms with Crippen LogP contribution in [0.15, 0.2) is 42.5 Å². The van der Waals surface area contributed by atoms with Crippen LogP contribution in [0, 0.1) is 17.3 Å². The monoisotopic (exact) mass is 526 g/mol. The number of ether oxygens (including phenoxy) is 1. The SMILES string of the molecule is COc1ccc2c(c1)C(=O)N(C[C@@]1(C#Cc3ccc(C(=N)N4CCN(C5CC5)CC4)cc3)NC(=O)NC1=O)C2. The van der Waals surface area contributed by atoms with E-state index in [4.69, 9.17) is 10.1 Å². The van der Waals surface area contributed by atoms with Crippen LogP contribution in [-0.4, -0.2) is 89.8 Å². The topological polar surface area (TPSA) is 118 Å². The molecule has 2 aromatic carbocycles. The fourth-order valence-corrected chi connectivity index (χ4v) is 5.44. The van der Waals surface area contributed by atoms with Gasteiger partial charge in [0.25, 0.3) is 11.8 Å². The second-order valence-corrected chi connectivity index (χ2v) is 10.4. The summed E-state index contributed by atoms with van der Waals surface area (Å²) < 4.78 is 5.24. The Morgan fingerprint density at radius 1 is 1.08 bits per heavy atom. The van der Waals surface area contributed by atoms with Gasteiger partial charge >= 0.3 is 6.03 Å². The molecule has 3 N–H and O–H groups in total. The maximum Gasteiger partial charge on any atom is 0.323 e. The first-order valence-corrected chi connectivity index (χ1v) is 13.2. The van der Waals surface area contributed by atoms with Gasteiger partial charge in [0, 0.05) is 55.5 Å². The summed E-state index contributed by atoms with van der Waals surface area (Å²) in [4.78, 5) is 44.2. The summed E-state index contributed by atoms with van der Waals surface area (Å²) in [6, 6.07) is 12.7. The van der Waals surface area contributed by atoms with Gasteiger partial charge in [-0.15, -0.1) is 0 Å².